The van der Waals surface area contributed by atoms with E-state index in [2.05, 4.69) is 9.97 Å². The van der Waals surface area contributed by atoms with Crippen LogP contribution < -0.4 is 19.6 Å². The van der Waals surface area contributed by atoms with Crippen LogP contribution in [0.4, 0.5) is 23.3 Å². The quantitative estimate of drug-likeness (QED) is 0.538. The molecule has 4 aliphatic heterocycles. The second-order valence-corrected chi connectivity index (χ2v) is 8.65. The van der Waals surface area contributed by atoms with E-state index < -0.39 is 0 Å². The van der Waals surface area contributed by atoms with Crippen LogP contribution in [0.5, 0.6) is 0 Å². The van der Waals surface area contributed by atoms with Gasteiger partial charge in [-0.2, -0.15) is 0 Å². The Morgan fingerprint density at radius 1 is 0.432 bits per heavy atom. The van der Waals surface area contributed by atoms with E-state index in [0.717, 1.165) is 23.3 Å². The molecule has 2 aromatic rings. The summed E-state index contributed by atoms with van der Waals surface area (Å²) in [6, 6.07) is 12.0. The topological polar surface area (TPSA) is 51.7 Å². The van der Waals surface area contributed by atoms with E-state index in [4.69, 9.17) is 0 Å². The van der Waals surface area contributed by atoms with Crippen LogP contribution >= 0.6 is 0 Å². The smallest absolute Gasteiger partial charge is 0.106 e. The summed E-state index contributed by atoms with van der Waals surface area (Å²) in [5, 5.41) is 0. The molecule has 10 nitrogen and oxygen atoms in total. The Labute approximate surface area is 229 Å². The fourth-order valence-electron chi connectivity index (χ4n) is 3.74. The van der Waals surface area contributed by atoms with Crippen molar-refractivity contribution in [2.45, 2.75) is 0 Å². The normalized spacial score (nSPS) is 17.8. The Balaban J connectivity index is 0.000000168. The van der Waals surface area contributed by atoms with Crippen LogP contribution in [0.3, 0.4) is 0 Å². The van der Waals surface area contributed by atoms with Crippen molar-refractivity contribution in [1.29, 1.82) is 0 Å². The number of hydrogen-bond donors (Lipinski definition) is 0. The maximum absolute atomic E-state index is 4.64. The SMILES string of the molecule is CN1C=CN(c2cccc(N3C=CN(C)[CH-]3)n2)[CH-]1.CN1C=CN(c2cccc(N3C=CN(C)[CH-]3)n2)[CH-]1.[Co]. The third kappa shape index (κ3) is 6.30. The van der Waals surface area contributed by atoms with Crippen molar-refractivity contribution in [2.24, 2.45) is 0 Å². The van der Waals surface area contributed by atoms with Crippen molar-refractivity contribution in [3.05, 3.63) is 113 Å². The molecule has 4 aliphatic rings. The van der Waals surface area contributed by atoms with Gasteiger partial charge in [0, 0.05) is 16.8 Å². The molecule has 2 aromatic heterocycles. The van der Waals surface area contributed by atoms with E-state index in [0.29, 0.717) is 0 Å². The predicted molar refractivity (Wildman–Crippen MR) is 143 cm³/mol. The van der Waals surface area contributed by atoms with Gasteiger partial charge in [0.25, 0.3) is 0 Å². The van der Waals surface area contributed by atoms with Gasteiger partial charge in [-0.3, -0.25) is 0 Å². The summed E-state index contributed by atoms with van der Waals surface area (Å²) in [7, 11) is 7.97. The fraction of sp³-hybridized carbons (Fsp3) is 0.154. The first-order valence-corrected chi connectivity index (χ1v) is 11.5. The van der Waals surface area contributed by atoms with Crippen LogP contribution in [0.2, 0.25) is 0 Å². The van der Waals surface area contributed by atoms with E-state index in [1.165, 1.54) is 0 Å². The number of rotatable bonds is 4. The molecule has 0 aliphatic carbocycles. The predicted octanol–water partition coefficient (Wildman–Crippen LogP) is 3.53. The van der Waals surface area contributed by atoms with Crippen LogP contribution in [0.1, 0.15) is 0 Å². The molecule has 0 saturated heterocycles. The summed E-state index contributed by atoms with van der Waals surface area (Å²) in [5.74, 6) is 3.63. The van der Waals surface area contributed by atoms with Crippen molar-refractivity contribution in [1.82, 2.24) is 29.6 Å². The van der Waals surface area contributed by atoms with Gasteiger partial charge in [-0.25, -0.2) is 9.97 Å². The Hall–Kier alpha value is -3.83. The average Bonchev–Trinajstić information content (AvgIpc) is 3.69. The summed E-state index contributed by atoms with van der Waals surface area (Å²) in [6.45, 7) is 7.95. The fourth-order valence-corrected chi connectivity index (χ4v) is 3.74. The molecule has 6 heterocycles. The third-order valence-corrected chi connectivity index (χ3v) is 5.57. The molecule has 37 heavy (non-hydrogen) atoms. The van der Waals surface area contributed by atoms with Gasteiger partial charge in [0.05, 0.1) is 0 Å². The Bertz CT molecular complexity index is 1010. The zero-order chi connectivity index (χ0) is 25.1. The number of nitrogens with zero attached hydrogens (tertiary/aromatic N) is 10. The summed E-state index contributed by atoms with van der Waals surface area (Å²) in [4.78, 5) is 25.2. The summed E-state index contributed by atoms with van der Waals surface area (Å²) in [5.41, 5.74) is 0. The Morgan fingerprint density at radius 3 is 0.865 bits per heavy atom. The third-order valence-electron chi connectivity index (χ3n) is 5.57. The Kier molecular flexibility index (Phi) is 8.14. The Morgan fingerprint density at radius 2 is 0.676 bits per heavy atom. The molecular weight excluding hydrogens is 511 g/mol. The van der Waals surface area contributed by atoms with Gasteiger partial charge >= 0.3 is 0 Å². The zero-order valence-corrected chi connectivity index (χ0v) is 22.2. The molecule has 6 rings (SSSR count). The second kappa shape index (κ2) is 11.5. The number of hydrogen-bond acceptors (Lipinski definition) is 10. The minimum absolute atomic E-state index is 0. The molecule has 1 radical (unpaired) electrons. The van der Waals surface area contributed by atoms with Gasteiger partial charge in [0.15, 0.2) is 0 Å². The standard InChI is InChI=1S/2C13H15N5.Co/c2*1-15-6-8-17(10-15)12-4-3-5-13(14-12)18-9-7-16(2)11-18;/h2*3-11H,1-2H3;/q2*-2;. The van der Waals surface area contributed by atoms with Crippen LogP contribution in [0, 0.1) is 26.7 Å². The molecule has 0 spiro atoms. The van der Waals surface area contributed by atoms with E-state index in [-0.39, 0.29) is 16.8 Å². The van der Waals surface area contributed by atoms with Crippen LogP contribution in [-0.4, -0.2) is 57.8 Å². The largest absolute Gasteiger partial charge is 0.510 e. The molecule has 0 fully saturated rings. The first kappa shape index (κ1) is 26.2. The number of anilines is 4. The zero-order valence-electron chi connectivity index (χ0n) is 21.2. The molecule has 0 bridgehead atoms. The molecule has 0 aromatic carbocycles. The van der Waals surface area contributed by atoms with Gasteiger partial charge in [-0.1, -0.05) is 12.1 Å². The van der Waals surface area contributed by atoms with Crippen molar-refractivity contribution in [3.8, 4) is 0 Å². The van der Waals surface area contributed by atoms with Crippen LogP contribution in [0.15, 0.2) is 86.0 Å². The maximum Gasteiger partial charge on any atom is 0.106 e. The van der Waals surface area contributed by atoms with E-state index in [1.807, 2.05) is 180 Å². The minimum Gasteiger partial charge on any atom is -0.510 e. The molecule has 0 unspecified atom stereocenters. The molecule has 0 N–H and O–H groups in total. The minimum atomic E-state index is 0. The average molecular weight is 542 g/mol. The van der Waals surface area contributed by atoms with Crippen molar-refractivity contribution in [2.75, 3.05) is 47.8 Å². The van der Waals surface area contributed by atoms with Crippen molar-refractivity contribution < 1.29 is 16.8 Å². The molecule has 0 amide bonds. The van der Waals surface area contributed by atoms with Gasteiger partial charge in [0.1, 0.15) is 23.3 Å². The van der Waals surface area contributed by atoms with E-state index in [1.54, 1.807) is 0 Å². The summed E-state index contributed by atoms with van der Waals surface area (Å²) >= 11 is 0. The molecule has 0 saturated carbocycles. The number of pyridine rings is 2. The second-order valence-electron chi connectivity index (χ2n) is 8.65. The van der Waals surface area contributed by atoms with Gasteiger partial charge in [-0.15, -0.1) is 26.7 Å². The van der Waals surface area contributed by atoms with Gasteiger partial charge in [0.2, 0.25) is 0 Å². The summed E-state index contributed by atoms with van der Waals surface area (Å²) in [6.07, 6.45) is 15.9. The summed E-state index contributed by atoms with van der Waals surface area (Å²) < 4.78 is 0. The monoisotopic (exact) mass is 541 g/mol. The molecular formula is C26H30CoN10-4. The first-order valence-electron chi connectivity index (χ1n) is 11.5. The molecule has 11 heteroatoms. The first-order chi connectivity index (χ1) is 17.4. The van der Waals surface area contributed by atoms with Crippen LogP contribution in [-0.2, 0) is 16.8 Å². The van der Waals surface area contributed by atoms with Gasteiger partial charge < -0.3 is 39.2 Å². The van der Waals surface area contributed by atoms with E-state index >= 15 is 0 Å². The van der Waals surface area contributed by atoms with E-state index in [9.17, 15) is 0 Å². The van der Waals surface area contributed by atoms with Crippen LogP contribution in [0.25, 0.3) is 0 Å². The van der Waals surface area contributed by atoms with Crippen molar-refractivity contribution >= 4 is 23.3 Å². The molecule has 0 atom stereocenters. The maximum atomic E-state index is 4.64. The molecule has 197 valence electrons. The number of aromatic nitrogens is 2. The van der Waals surface area contributed by atoms with Gasteiger partial charge in [-0.05, 0) is 102 Å². The van der Waals surface area contributed by atoms with Crippen molar-refractivity contribution in [3.63, 3.8) is 0 Å².